The third-order valence-electron chi connectivity index (χ3n) is 4.04. The highest BCUT2D eigenvalue weighted by Crippen LogP contribution is 2.19. The molecule has 128 valence electrons. The zero-order valence-corrected chi connectivity index (χ0v) is 15.1. The van der Waals surface area contributed by atoms with Crippen molar-refractivity contribution < 1.29 is 0 Å². The highest BCUT2D eigenvalue weighted by Gasteiger charge is 2.23. The topological polar surface area (TPSA) is 52.6 Å². The molecule has 1 aromatic heterocycles. The number of guanidine groups is 1. The van der Waals surface area contributed by atoms with E-state index in [9.17, 15) is 0 Å². The minimum absolute atomic E-state index is 0.418. The lowest BCUT2D eigenvalue weighted by Gasteiger charge is -2.20. The minimum Gasteiger partial charge on any atom is -0.369 e. The average molecular weight is 344 g/mol. The number of nitrogens with zero attached hydrogens (tertiary/aromatic N) is 3. The maximum atomic E-state index is 4.68. The van der Waals surface area contributed by atoms with Gasteiger partial charge in [0.2, 0.25) is 0 Å². The second kappa shape index (κ2) is 8.15. The van der Waals surface area contributed by atoms with Crippen molar-refractivity contribution in [3.05, 3.63) is 46.4 Å². The van der Waals surface area contributed by atoms with E-state index < -0.39 is 0 Å². The lowest BCUT2D eigenvalue weighted by molar-refractivity contribution is 0.649. The molecule has 0 radical (unpaired) electrons. The standard InChI is InChI=1S/C18H25N5S/c1-3-19-18(21-12-17-20-11-14(2)24-17)22-15-9-10-23(13-15)16-7-5-4-6-8-16/h4-8,11,15H,3,9-10,12-13H2,1-2H3,(H2,19,21,22). The van der Waals surface area contributed by atoms with E-state index in [1.165, 1.54) is 10.6 Å². The molecular formula is C18H25N5S. The number of anilines is 1. The third kappa shape index (κ3) is 4.47. The fourth-order valence-corrected chi connectivity index (χ4v) is 3.60. The Morgan fingerprint density at radius 2 is 2.21 bits per heavy atom. The molecule has 0 bridgehead atoms. The zero-order valence-electron chi connectivity index (χ0n) is 14.3. The molecule has 0 spiro atoms. The highest BCUT2D eigenvalue weighted by molar-refractivity contribution is 7.11. The fourth-order valence-electron chi connectivity index (χ4n) is 2.89. The van der Waals surface area contributed by atoms with Crippen LogP contribution in [0.15, 0.2) is 41.5 Å². The van der Waals surface area contributed by atoms with E-state index in [4.69, 9.17) is 0 Å². The molecule has 2 heterocycles. The molecule has 1 aliphatic heterocycles. The summed E-state index contributed by atoms with van der Waals surface area (Å²) in [6.07, 6.45) is 3.03. The van der Waals surface area contributed by atoms with Gasteiger partial charge in [0.25, 0.3) is 0 Å². The largest absolute Gasteiger partial charge is 0.369 e. The van der Waals surface area contributed by atoms with E-state index in [1.807, 2.05) is 6.20 Å². The number of thiazole rings is 1. The molecule has 1 fully saturated rings. The Hall–Kier alpha value is -2.08. The monoisotopic (exact) mass is 343 g/mol. The van der Waals surface area contributed by atoms with E-state index in [1.54, 1.807) is 11.3 Å². The molecule has 1 aliphatic rings. The maximum Gasteiger partial charge on any atom is 0.191 e. The Morgan fingerprint density at radius 3 is 2.92 bits per heavy atom. The van der Waals surface area contributed by atoms with Crippen LogP contribution in [0.4, 0.5) is 5.69 Å². The van der Waals surface area contributed by atoms with Crippen LogP contribution in [0, 0.1) is 6.92 Å². The molecule has 1 saturated heterocycles. The summed E-state index contributed by atoms with van der Waals surface area (Å²) in [6, 6.07) is 11.0. The number of aliphatic imine (C=N–C) groups is 1. The van der Waals surface area contributed by atoms with Crippen LogP contribution >= 0.6 is 11.3 Å². The van der Waals surface area contributed by atoms with Crippen LogP contribution in [0.1, 0.15) is 23.2 Å². The summed E-state index contributed by atoms with van der Waals surface area (Å²) in [5, 5.41) is 7.96. The van der Waals surface area contributed by atoms with E-state index in [-0.39, 0.29) is 0 Å². The molecular weight excluding hydrogens is 318 g/mol. The lowest BCUT2D eigenvalue weighted by Crippen LogP contribution is -2.44. The van der Waals surface area contributed by atoms with Gasteiger partial charge in [0.05, 0.1) is 6.54 Å². The summed E-state index contributed by atoms with van der Waals surface area (Å²) in [5.41, 5.74) is 1.29. The first kappa shape index (κ1) is 16.8. The Kier molecular flexibility index (Phi) is 5.69. The molecule has 1 unspecified atom stereocenters. The van der Waals surface area contributed by atoms with Gasteiger partial charge in [-0.1, -0.05) is 18.2 Å². The average Bonchev–Trinajstić information content (AvgIpc) is 3.23. The molecule has 3 rings (SSSR count). The van der Waals surface area contributed by atoms with Gasteiger partial charge in [-0.25, -0.2) is 9.98 Å². The predicted octanol–water partition coefficient (Wildman–Crippen LogP) is 2.79. The molecule has 5 nitrogen and oxygen atoms in total. The number of rotatable bonds is 5. The Morgan fingerprint density at radius 1 is 1.38 bits per heavy atom. The summed E-state index contributed by atoms with van der Waals surface area (Å²) in [7, 11) is 0. The molecule has 2 N–H and O–H groups in total. The summed E-state index contributed by atoms with van der Waals surface area (Å²) in [5.74, 6) is 0.880. The summed E-state index contributed by atoms with van der Waals surface area (Å²) in [6.45, 7) is 7.74. The first-order chi connectivity index (χ1) is 11.7. The highest BCUT2D eigenvalue weighted by atomic mass is 32.1. The van der Waals surface area contributed by atoms with Crippen molar-refractivity contribution in [2.45, 2.75) is 32.9 Å². The molecule has 0 amide bonds. The second-order valence-corrected chi connectivity index (χ2v) is 7.29. The van der Waals surface area contributed by atoms with Crippen LogP contribution < -0.4 is 15.5 Å². The van der Waals surface area contributed by atoms with Crippen molar-refractivity contribution >= 4 is 23.0 Å². The fraction of sp³-hybridized carbons (Fsp3) is 0.444. The van der Waals surface area contributed by atoms with Crippen molar-refractivity contribution in [2.24, 2.45) is 4.99 Å². The third-order valence-corrected chi connectivity index (χ3v) is 4.93. The van der Waals surface area contributed by atoms with Crippen LogP contribution in [-0.2, 0) is 6.54 Å². The van der Waals surface area contributed by atoms with E-state index >= 15 is 0 Å². The van der Waals surface area contributed by atoms with Crippen LogP contribution in [-0.4, -0.2) is 36.6 Å². The van der Waals surface area contributed by atoms with Gasteiger partial charge in [0, 0.05) is 42.4 Å². The number of benzene rings is 1. The Balaban J connectivity index is 1.57. The first-order valence-electron chi connectivity index (χ1n) is 8.50. The summed E-state index contributed by atoms with van der Waals surface area (Å²) in [4.78, 5) is 12.7. The Bertz CT molecular complexity index is 667. The predicted molar refractivity (Wildman–Crippen MR) is 102 cm³/mol. The van der Waals surface area contributed by atoms with Crippen LogP contribution in [0.5, 0.6) is 0 Å². The first-order valence-corrected chi connectivity index (χ1v) is 9.32. The van der Waals surface area contributed by atoms with Gasteiger partial charge in [-0.05, 0) is 32.4 Å². The van der Waals surface area contributed by atoms with Gasteiger partial charge in [-0.3, -0.25) is 0 Å². The van der Waals surface area contributed by atoms with Gasteiger partial charge in [0.1, 0.15) is 5.01 Å². The normalized spacial score (nSPS) is 18.0. The molecule has 2 aromatic rings. The number of aromatic nitrogens is 1. The van der Waals surface area contributed by atoms with Crippen LogP contribution in [0.25, 0.3) is 0 Å². The smallest absolute Gasteiger partial charge is 0.191 e. The van der Waals surface area contributed by atoms with Gasteiger partial charge >= 0.3 is 0 Å². The second-order valence-electron chi connectivity index (χ2n) is 5.97. The summed E-state index contributed by atoms with van der Waals surface area (Å²) < 4.78 is 0. The molecule has 24 heavy (non-hydrogen) atoms. The minimum atomic E-state index is 0.418. The molecule has 1 aromatic carbocycles. The van der Waals surface area contributed by atoms with Crippen molar-refractivity contribution in [3.63, 3.8) is 0 Å². The molecule has 0 aliphatic carbocycles. The lowest BCUT2D eigenvalue weighted by atomic mass is 10.3. The van der Waals surface area contributed by atoms with Gasteiger partial charge in [-0.15, -0.1) is 11.3 Å². The van der Waals surface area contributed by atoms with Crippen molar-refractivity contribution in [2.75, 3.05) is 24.5 Å². The van der Waals surface area contributed by atoms with Crippen LogP contribution in [0.2, 0.25) is 0 Å². The number of nitrogens with one attached hydrogen (secondary N) is 2. The van der Waals surface area contributed by atoms with Gasteiger partial charge < -0.3 is 15.5 Å². The van der Waals surface area contributed by atoms with Crippen LogP contribution in [0.3, 0.4) is 0 Å². The van der Waals surface area contributed by atoms with Crippen molar-refractivity contribution in [3.8, 4) is 0 Å². The molecule has 1 atom stereocenters. The number of para-hydroxylation sites is 1. The number of hydrogen-bond acceptors (Lipinski definition) is 4. The SMILES string of the molecule is CCNC(=NCc1ncc(C)s1)NC1CCN(c2ccccc2)C1. The van der Waals surface area contributed by atoms with E-state index in [0.29, 0.717) is 12.6 Å². The zero-order chi connectivity index (χ0) is 16.8. The van der Waals surface area contributed by atoms with Gasteiger partial charge in [0.15, 0.2) is 5.96 Å². The Labute approximate surface area is 147 Å². The quantitative estimate of drug-likeness (QED) is 0.647. The summed E-state index contributed by atoms with van der Waals surface area (Å²) >= 11 is 1.71. The van der Waals surface area contributed by atoms with Crippen molar-refractivity contribution in [1.82, 2.24) is 15.6 Å². The maximum absolute atomic E-state index is 4.68. The van der Waals surface area contributed by atoms with E-state index in [2.05, 4.69) is 69.7 Å². The number of aryl methyl sites for hydroxylation is 1. The van der Waals surface area contributed by atoms with Crippen molar-refractivity contribution in [1.29, 1.82) is 0 Å². The number of hydrogen-bond donors (Lipinski definition) is 2. The molecule has 0 saturated carbocycles. The molecule has 6 heteroatoms. The van der Waals surface area contributed by atoms with Gasteiger partial charge in [-0.2, -0.15) is 0 Å². The van der Waals surface area contributed by atoms with E-state index in [0.717, 1.165) is 37.0 Å².